The van der Waals surface area contributed by atoms with Gasteiger partial charge < -0.3 is 14.4 Å². The molecule has 1 aliphatic rings. The molecular formula is C26H34ClNO3. The fourth-order valence-corrected chi connectivity index (χ4v) is 4.75. The molecule has 0 radical (unpaired) electrons. The molecule has 0 bridgehead atoms. The van der Waals surface area contributed by atoms with Gasteiger partial charge in [-0.05, 0) is 86.9 Å². The molecule has 2 atom stereocenters. The largest absolute Gasteiger partial charge is 0.497 e. The first-order valence-electron chi connectivity index (χ1n) is 11.2. The molecule has 0 unspecified atom stereocenters. The van der Waals surface area contributed by atoms with Crippen LogP contribution >= 0.6 is 11.6 Å². The highest BCUT2D eigenvalue weighted by molar-refractivity contribution is 6.30. The van der Waals surface area contributed by atoms with Crippen LogP contribution in [0.5, 0.6) is 5.75 Å². The molecule has 0 aromatic heterocycles. The predicted octanol–water partition coefficient (Wildman–Crippen LogP) is 6.47. The molecule has 3 rings (SSSR count). The molecule has 0 N–H and O–H groups in total. The summed E-state index contributed by atoms with van der Waals surface area (Å²) in [5, 5.41) is 0.674. The minimum absolute atomic E-state index is 0.122. The molecule has 1 aliphatic heterocycles. The Morgan fingerprint density at radius 3 is 2.45 bits per heavy atom. The first-order valence-corrected chi connectivity index (χ1v) is 11.5. The van der Waals surface area contributed by atoms with Crippen LogP contribution < -0.4 is 9.64 Å². The van der Waals surface area contributed by atoms with Crippen LogP contribution in [0.25, 0.3) is 0 Å². The molecule has 1 fully saturated rings. The molecule has 5 heteroatoms. The molecule has 0 aliphatic carbocycles. The third kappa shape index (κ3) is 6.24. The van der Waals surface area contributed by atoms with Crippen LogP contribution in [0.15, 0.2) is 48.5 Å². The third-order valence-corrected chi connectivity index (χ3v) is 6.51. The van der Waals surface area contributed by atoms with Crippen molar-refractivity contribution in [2.45, 2.75) is 58.0 Å². The van der Waals surface area contributed by atoms with E-state index in [9.17, 15) is 4.79 Å². The van der Waals surface area contributed by atoms with Gasteiger partial charge in [0.15, 0.2) is 0 Å². The van der Waals surface area contributed by atoms with Gasteiger partial charge in [-0.15, -0.1) is 0 Å². The maximum Gasteiger partial charge on any atom is 0.226 e. The Labute approximate surface area is 191 Å². The van der Waals surface area contributed by atoms with Gasteiger partial charge in [-0.2, -0.15) is 0 Å². The first-order chi connectivity index (χ1) is 14.8. The van der Waals surface area contributed by atoms with Gasteiger partial charge in [-0.1, -0.05) is 30.7 Å². The molecule has 2 aromatic rings. The normalized spacial score (nSPS) is 18.9. The second-order valence-electron chi connectivity index (χ2n) is 8.90. The van der Waals surface area contributed by atoms with E-state index in [1.165, 1.54) is 5.56 Å². The van der Waals surface area contributed by atoms with E-state index in [0.717, 1.165) is 37.3 Å². The summed E-state index contributed by atoms with van der Waals surface area (Å²) in [6, 6.07) is 15.9. The van der Waals surface area contributed by atoms with Gasteiger partial charge in [0.1, 0.15) is 5.75 Å². The van der Waals surface area contributed by atoms with E-state index in [-0.39, 0.29) is 11.5 Å². The zero-order valence-corrected chi connectivity index (χ0v) is 19.8. The number of amides is 1. The van der Waals surface area contributed by atoms with E-state index < -0.39 is 0 Å². The number of anilines is 1. The number of hydrogen-bond donors (Lipinski definition) is 0. The van der Waals surface area contributed by atoms with E-state index in [1.54, 1.807) is 7.11 Å². The summed E-state index contributed by atoms with van der Waals surface area (Å²) in [4.78, 5) is 14.7. The highest BCUT2D eigenvalue weighted by Gasteiger charge is 2.34. The second-order valence-corrected chi connectivity index (χ2v) is 9.34. The summed E-state index contributed by atoms with van der Waals surface area (Å²) in [6.45, 7) is 7.70. The average Bonchev–Trinajstić information content (AvgIpc) is 2.76. The lowest BCUT2D eigenvalue weighted by molar-refractivity contribution is -0.118. The van der Waals surface area contributed by atoms with Crippen LogP contribution in [0.2, 0.25) is 5.02 Å². The lowest BCUT2D eigenvalue weighted by Crippen LogP contribution is -2.38. The van der Waals surface area contributed by atoms with Crippen molar-refractivity contribution in [3.05, 3.63) is 59.1 Å². The van der Waals surface area contributed by atoms with Crippen LogP contribution in [0.4, 0.5) is 5.69 Å². The lowest BCUT2D eigenvalue weighted by Gasteiger charge is -2.40. The molecule has 168 valence electrons. The zero-order chi connectivity index (χ0) is 22.4. The fourth-order valence-electron chi connectivity index (χ4n) is 4.63. The Hall–Kier alpha value is -2.04. The Morgan fingerprint density at radius 2 is 1.87 bits per heavy atom. The van der Waals surface area contributed by atoms with Crippen molar-refractivity contribution in [1.29, 1.82) is 0 Å². The van der Waals surface area contributed by atoms with Crippen molar-refractivity contribution in [1.82, 2.24) is 0 Å². The molecule has 2 aromatic carbocycles. The van der Waals surface area contributed by atoms with Gasteiger partial charge in [-0.25, -0.2) is 0 Å². The fraction of sp³-hybridized carbons (Fsp3) is 0.500. The number of carbonyl (C=O) groups is 1. The molecule has 0 spiro atoms. The van der Waals surface area contributed by atoms with Gasteiger partial charge in [0.05, 0.1) is 12.7 Å². The SMILES string of the molecule is CCC(=O)N(CC[C@H](c1ccc(OC)cc1)[C@@H]1CCOC(C)(C)C1)c1ccc(Cl)cc1. The molecule has 1 heterocycles. The number of rotatable bonds is 8. The van der Waals surface area contributed by atoms with Crippen molar-refractivity contribution in [3.63, 3.8) is 0 Å². The summed E-state index contributed by atoms with van der Waals surface area (Å²) < 4.78 is 11.3. The van der Waals surface area contributed by atoms with Crippen molar-refractivity contribution in [2.75, 3.05) is 25.2 Å². The minimum atomic E-state index is -0.122. The van der Waals surface area contributed by atoms with E-state index >= 15 is 0 Å². The van der Waals surface area contributed by atoms with Crippen LogP contribution in [0.3, 0.4) is 0 Å². The number of hydrogen-bond acceptors (Lipinski definition) is 3. The van der Waals surface area contributed by atoms with Gasteiger partial charge >= 0.3 is 0 Å². The standard InChI is InChI=1S/C26H34ClNO3/c1-5-25(29)28(22-10-8-21(27)9-11-22)16-14-24(19-6-12-23(30-4)13-7-19)20-15-17-31-26(2,3)18-20/h6-13,20,24H,5,14-18H2,1-4H3/t20-,24-/m1/s1. The van der Waals surface area contributed by atoms with Crippen molar-refractivity contribution in [3.8, 4) is 5.75 Å². The van der Waals surface area contributed by atoms with E-state index in [1.807, 2.05) is 48.2 Å². The number of halogens is 1. The van der Waals surface area contributed by atoms with Crippen molar-refractivity contribution < 1.29 is 14.3 Å². The Bertz CT molecular complexity index is 848. The van der Waals surface area contributed by atoms with E-state index in [0.29, 0.717) is 29.8 Å². The second kappa shape index (κ2) is 10.5. The van der Waals surface area contributed by atoms with Crippen LogP contribution in [-0.4, -0.2) is 31.8 Å². The monoisotopic (exact) mass is 443 g/mol. The maximum atomic E-state index is 12.8. The van der Waals surface area contributed by atoms with Gasteiger partial charge in [0.25, 0.3) is 0 Å². The third-order valence-electron chi connectivity index (χ3n) is 6.25. The summed E-state index contributed by atoms with van der Waals surface area (Å²) in [5.74, 6) is 1.83. The molecule has 4 nitrogen and oxygen atoms in total. The first kappa shape index (κ1) is 23.6. The number of benzene rings is 2. The molecular weight excluding hydrogens is 410 g/mol. The molecule has 1 saturated heterocycles. The number of methoxy groups -OCH3 is 1. The maximum absolute atomic E-state index is 12.8. The zero-order valence-electron chi connectivity index (χ0n) is 19.1. The summed E-state index contributed by atoms with van der Waals surface area (Å²) in [7, 11) is 1.69. The molecule has 31 heavy (non-hydrogen) atoms. The summed E-state index contributed by atoms with van der Waals surface area (Å²) in [6.07, 6.45) is 3.40. The topological polar surface area (TPSA) is 38.8 Å². The smallest absolute Gasteiger partial charge is 0.226 e. The van der Waals surface area contributed by atoms with Gasteiger partial charge in [-0.3, -0.25) is 4.79 Å². The number of ether oxygens (including phenoxy) is 2. The highest BCUT2D eigenvalue weighted by atomic mass is 35.5. The number of nitrogens with zero attached hydrogens (tertiary/aromatic N) is 1. The predicted molar refractivity (Wildman–Crippen MR) is 127 cm³/mol. The minimum Gasteiger partial charge on any atom is -0.497 e. The summed E-state index contributed by atoms with van der Waals surface area (Å²) >= 11 is 6.06. The molecule has 0 saturated carbocycles. The molecule has 1 amide bonds. The summed E-state index contributed by atoms with van der Waals surface area (Å²) in [5.41, 5.74) is 2.07. The Balaban J connectivity index is 1.85. The van der Waals surface area contributed by atoms with Gasteiger partial charge in [0.2, 0.25) is 5.91 Å². The average molecular weight is 444 g/mol. The van der Waals surface area contributed by atoms with Crippen molar-refractivity contribution >= 4 is 23.2 Å². The van der Waals surface area contributed by atoms with Crippen LogP contribution in [-0.2, 0) is 9.53 Å². The van der Waals surface area contributed by atoms with Crippen molar-refractivity contribution in [2.24, 2.45) is 5.92 Å². The van der Waals surface area contributed by atoms with Crippen LogP contribution in [0.1, 0.15) is 57.9 Å². The van der Waals surface area contributed by atoms with E-state index in [2.05, 4.69) is 26.0 Å². The Kier molecular flexibility index (Phi) is 8.01. The Morgan fingerprint density at radius 1 is 1.19 bits per heavy atom. The highest BCUT2D eigenvalue weighted by Crippen LogP contribution is 2.40. The lowest BCUT2D eigenvalue weighted by atomic mass is 9.75. The van der Waals surface area contributed by atoms with Crippen LogP contribution in [0, 0.1) is 5.92 Å². The van der Waals surface area contributed by atoms with E-state index in [4.69, 9.17) is 21.1 Å². The van der Waals surface area contributed by atoms with Gasteiger partial charge in [0, 0.05) is 30.3 Å². The quantitative estimate of drug-likeness (QED) is 0.469. The number of carbonyl (C=O) groups excluding carboxylic acids is 1.